The molecule has 0 aliphatic carbocycles. The average molecular weight is 445 g/mol. The van der Waals surface area contributed by atoms with Gasteiger partial charge in [0.2, 0.25) is 5.91 Å². The number of furan rings is 1. The van der Waals surface area contributed by atoms with Crippen molar-refractivity contribution in [3.05, 3.63) is 52.6 Å². The fourth-order valence-corrected chi connectivity index (χ4v) is 4.60. The van der Waals surface area contributed by atoms with Crippen molar-refractivity contribution in [1.29, 1.82) is 0 Å². The predicted octanol–water partition coefficient (Wildman–Crippen LogP) is 3.63. The zero-order chi connectivity index (χ0) is 21.1. The maximum absolute atomic E-state index is 12.6. The number of hydrogen-bond acceptors (Lipinski definition) is 7. The van der Waals surface area contributed by atoms with E-state index in [1.807, 2.05) is 37.3 Å². The summed E-state index contributed by atoms with van der Waals surface area (Å²) in [4.78, 5) is 41.2. The van der Waals surface area contributed by atoms with Gasteiger partial charge in [0, 0.05) is 24.1 Å². The molecule has 0 saturated carbocycles. The first-order chi connectivity index (χ1) is 14.5. The zero-order valence-corrected chi connectivity index (χ0v) is 18.0. The molecule has 9 heteroatoms. The van der Waals surface area contributed by atoms with Crippen LogP contribution in [0.1, 0.15) is 11.3 Å². The van der Waals surface area contributed by atoms with E-state index in [-0.39, 0.29) is 17.4 Å². The van der Waals surface area contributed by atoms with Gasteiger partial charge in [-0.25, -0.2) is 0 Å². The summed E-state index contributed by atoms with van der Waals surface area (Å²) in [6.07, 6.45) is 1.54. The molecule has 0 unspecified atom stereocenters. The number of rotatable bonds is 5. The highest BCUT2D eigenvalue weighted by Gasteiger charge is 2.37. The summed E-state index contributed by atoms with van der Waals surface area (Å²) in [7, 11) is 0. The fraction of sp³-hybridized carbons (Fsp3) is 0.286. The van der Waals surface area contributed by atoms with E-state index >= 15 is 0 Å². The Morgan fingerprint density at radius 3 is 2.60 bits per heavy atom. The van der Waals surface area contributed by atoms with E-state index in [2.05, 4.69) is 0 Å². The maximum Gasteiger partial charge on any atom is 0.294 e. The van der Waals surface area contributed by atoms with Crippen LogP contribution in [0.5, 0.6) is 0 Å². The second-order valence-corrected chi connectivity index (χ2v) is 8.90. The molecule has 3 heterocycles. The van der Waals surface area contributed by atoms with Gasteiger partial charge in [0.05, 0.1) is 18.1 Å². The van der Waals surface area contributed by atoms with Crippen LogP contribution in [-0.2, 0) is 14.3 Å². The van der Waals surface area contributed by atoms with Gasteiger partial charge in [-0.15, -0.1) is 0 Å². The van der Waals surface area contributed by atoms with E-state index in [1.54, 1.807) is 17.0 Å². The smallest absolute Gasteiger partial charge is 0.294 e. The molecule has 2 aliphatic rings. The monoisotopic (exact) mass is 444 g/mol. The summed E-state index contributed by atoms with van der Waals surface area (Å²) >= 11 is 2.29. The lowest BCUT2D eigenvalue weighted by atomic mass is 10.2. The molecule has 0 spiro atoms. The van der Waals surface area contributed by atoms with Gasteiger partial charge in [-0.1, -0.05) is 29.5 Å². The highest BCUT2D eigenvalue weighted by molar-refractivity contribution is 8.18. The van der Waals surface area contributed by atoms with E-state index < -0.39 is 11.1 Å². The fourth-order valence-electron chi connectivity index (χ4n) is 3.00. The van der Waals surface area contributed by atoms with Crippen LogP contribution >= 0.6 is 23.5 Å². The summed E-state index contributed by atoms with van der Waals surface area (Å²) in [5.41, 5.74) is 1.18. The molecule has 0 atom stereocenters. The van der Waals surface area contributed by atoms with Gasteiger partial charge in [0.15, 0.2) is 5.09 Å². The number of amides is 3. The number of benzene rings is 1. The molecule has 2 aliphatic heterocycles. The molecule has 2 saturated heterocycles. The number of carbonyl (C=O) groups is 3. The lowest BCUT2D eigenvalue weighted by Crippen LogP contribution is -2.46. The van der Waals surface area contributed by atoms with Crippen molar-refractivity contribution in [3.8, 4) is 0 Å². The zero-order valence-electron chi connectivity index (χ0n) is 16.3. The third-order valence-electron chi connectivity index (χ3n) is 4.65. The molecule has 4 rings (SSSR count). The Hall–Kier alpha value is -2.49. The number of imide groups is 1. The van der Waals surface area contributed by atoms with Gasteiger partial charge < -0.3 is 14.1 Å². The third-order valence-corrected chi connectivity index (χ3v) is 6.48. The van der Waals surface area contributed by atoms with Crippen molar-refractivity contribution in [2.24, 2.45) is 0 Å². The number of hydrogen-bond donors (Lipinski definition) is 0. The van der Waals surface area contributed by atoms with Gasteiger partial charge in [-0.3, -0.25) is 19.3 Å². The molecule has 2 aromatic rings. The second-order valence-electron chi connectivity index (χ2n) is 6.83. The van der Waals surface area contributed by atoms with Crippen molar-refractivity contribution in [1.82, 2.24) is 9.80 Å². The molecule has 156 valence electrons. The largest absolute Gasteiger partial charge is 0.450 e. The van der Waals surface area contributed by atoms with Crippen LogP contribution in [0.2, 0.25) is 0 Å². The molecular weight excluding hydrogens is 424 g/mol. The Bertz CT molecular complexity index is 993. The Balaban J connectivity index is 1.41. The minimum atomic E-state index is -0.476. The SMILES string of the molecule is Cc1ccc(Sc2ccc(/C=C3/SC(=O)N(CC(=O)N4CCOCC4)C3=O)o2)cc1. The number of nitrogens with zero attached hydrogens (tertiary/aromatic N) is 2. The van der Waals surface area contributed by atoms with Crippen LogP contribution in [0.4, 0.5) is 4.79 Å². The molecule has 30 heavy (non-hydrogen) atoms. The minimum absolute atomic E-state index is 0.246. The van der Waals surface area contributed by atoms with Crippen molar-refractivity contribution in [2.45, 2.75) is 16.9 Å². The molecule has 2 fully saturated rings. The lowest BCUT2D eigenvalue weighted by Gasteiger charge is -2.27. The summed E-state index contributed by atoms with van der Waals surface area (Å²) in [5.74, 6) is -0.248. The molecule has 0 N–H and O–H groups in total. The summed E-state index contributed by atoms with van der Waals surface area (Å²) in [5, 5.41) is 0.237. The summed E-state index contributed by atoms with van der Waals surface area (Å²) in [6, 6.07) is 11.7. The van der Waals surface area contributed by atoms with E-state index in [1.165, 1.54) is 17.3 Å². The molecule has 3 amide bonds. The van der Waals surface area contributed by atoms with Crippen LogP contribution < -0.4 is 0 Å². The normalized spacial score (nSPS) is 18.5. The van der Waals surface area contributed by atoms with Gasteiger partial charge >= 0.3 is 0 Å². The average Bonchev–Trinajstić information content (AvgIpc) is 3.29. The van der Waals surface area contributed by atoms with Gasteiger partial charge in [0.25, 0.3) is 11.1 Å². The number of aryl methyl sites for hydroxylation is 1. The van der Waals surface area contributed by atoms with E-state index in [9.17, 15) is 14.4 Å². The standard InChI is InChI=1S/C21H20N2O5S2/c1-14-2-5-16(6-3-14)29-19-7-4-15(28-19)12-17-20(25)23(21(26)30-17)13-18(24)22-8-10-27-11-9-22/h2-7,12H,8-11,13H2,1H3/b17-12+. The van der Waals surface area contributed by atoms with Gasteiger partial charge in [0.1, 0.15) is 12.3 Å². The Morgan fingerprint density at radius 2 is 1.87 bits per heavy atom. The number of thioether (sulfide) groups is 1. The van der Waals surface area contributed by atoms with E-state index in [0.717, 1.165) is 21.6 Å². The Labute approximate surface area is 182 Å². The first-order valence-electron chi connectivity index (χ1n) is 9.45. The minimum Gasteiger partial charge on any atom is -0.450 e. The first-order valence-corrected chi connectivity index (χ1v) is 11.1. The molecular formula is C21H20N2O5S2. The molecule has 7 nitrogen and oxygen atoms in total. The van der Waals surface area contributed by atoms with Crippen LogP contribution in [0.15, 0.2) is 55.7 Å². The van der Waals surface area contributed by atoms with Gasteiger partial charge in [-0.2, -0.15) is 0 Å². The quantitative estimate of drug-likeness (QED) is 0.652. The second kappa shape index (κ2) is 9.11. The van der Waals surface area contributed by atoms with Crippen LogP contribution in [0.3, 0.4) is 0 Å². The van der Waals surface area contributed by atoms with Crippen molar-refractivity contribution in [3.63, 3.8) is 0 Å². The highest BCUT2D eigenvalue weighted by Crippen LogP contribution is 2.34. The van der Waals surface area contributed by atoms with Crippen LogP contribution in [-0.4, -0.2) is 59.7 Å². The van der Waals surface area contributed by atoms with E-state index in [4.69, 9.17) is 9.15 Å². The lowest BCUT2D eigenvalue weighted by molar-refractivity contribution is -0.139. The molecule has 1 aromatic carbocycles. The number of carbonyl (C=O) groups excluding carboxylic acids is 3. The van der Waals surface area contributed by atoms with Crippen LogP contribution in [0.25, 0.3) is 6.08 Å². The van der Waals surface area contributed by atoms with Gasteiger partial charge in [-0.05, 0) is 43.0 Å². The third kappa shape index (κ3) is 4.80. The first kappa shape index (κ1) is 20.8. The van der Waals surface area contributed by atoms with Crippen molar-refractivity contribution < 1.29 is 23.5 Å². The maximum atomic E-state index is 12.6. The predicted molar refractivity (Wildman–Crippen MR) is 114 cm³/mol. The summed E-state index contributed by atoms with van der Waals surface area (Å²) in [6.45, 7) is 3.65. The molecule has 0 bridgehead atoms. The molecule has 1 aromatic heterocycles. The van der Waals surface area contributed by atoms with Crippen LogP contribution in [0, 0.1) is 6.92 Å². The van der Waals surface area contributed by atoms with Crippen molar-refractivity contribution >= 4 is 46.7 Å². The molecule has 0 radical (unpaired) electrons. The number of ether oxygens (including phenoxy) is 1. The Kier molecular flexibility index (Phi) is 6.31. The van der Waals surface area contributed by atoms with E-state index in [0.29, 0.717) is 37.2 Å². The topological polar surface area (TPSA) is 80.1 Å². The Morgan fingerprint density at radius 1 is 1.13 bits per heavy atom. The summed E-state index contributed by atoms with van der Waals surface area (Å²) < 4.78 is 11.0. The number of morpholine rings is 1. The van der Waals surface area contributed by atoms with Crippen molar-refractivity contribution in [2.75, 3.05) is 32.8 Å². The highest BCUT2D eigenvalue weighted by atomic mass is 32.2.